The van der Waals surface area contributed by atoms with Gasteiger partial charge in [0.05, 0.1) is 23.4 Å². The van der Waals surface area contributed by atoms with E-state index < -0.39 is 6.16 Å². The van der Waals surface area contributed by atoms with Crippen LogP contribution >= 0.6 is 15.9 Å². The van der Waals surface area contributed by atoms with Gasteiger partial charge in [-0.1, -0.05) is 15.9 Å². The number of nitrogens with zero attached hydrogens (tertiary/aromatic N) is 3. The van der Waals surface area contributed by atoms with Crippen molar-refractivity contribution in [3.05, 3.63) is 35.1 Å². The van der Waals surface area contributed by atoms with Crippen molar-refractivity contribution in [1.29, 1.82) is 0 Å². The summed E-state index contributed by atoms with van der Waals surface area (Å²) in [4.78, 5) is 17.8. The number of rotatable bonds is 2. The molecule has 0 unspecified atom stereocenters. The number of aromatic nitrogens is 4. The van der Waals surface area contributed by atoms with Crippen LogP contribution in [0.25, 0.3) is 17.0 Å². The van der Waals surface area contributed by atoms with Crippen molar-refractivity contribution in [2.24, 2.45) is 0 Å². The first-order valence-corrected chi connectivity index (χ1v) is 6.02. The van der Waals surface area contributed by atoms with Crippen LogP contribution in [-0.4, -0.2) is 31.0 Å². The minimum atomic E-state index is -1.38. The minimum Gasteiger partial charge on any atom is -0.449 e. The quantitative estimate of drug-likeness (QED) is 0.707. The van der Waals surface area contributed by atoms with Crippen molar-refractivity contribution in [3.8, 4) is 11.7 Å². The lowest BCUT2D eigenvalue weighted by atomic mass is 10.3. The van der Waals surface area contributed by atoms with Gasteiger partial charge in [-0.05, 0) is 18.2 Å². The third kappa shape index (κ3) is 2.29. The lowest BCUT2D eigenvalue weighted by Crippen LogP contribution is -2.02. The van der Waals surface area contributed by atoms with Crippen molar-refractivity contribution in [3.63, 3.8) is 0 Å². The second-order valence-corrected chi connectivity index (χ2v) is 4.63. The van der Waals surface area contributed by atoms with Crippen LogP contribution in [0.4, 0.5) is 4.79 Å². The monoisotopic (exact) mass is 322 g/mol. The van der Waals surface area contributed by atoms with Gasteiger partial charge in [-0.3, -0.25) is 0 Å². The van der Waals surface area contributed by atoms with Gasteiger partial charge in [0.15, 0.2) is 5.75 Å². The number of carboxylic acid groups (broad SMARTS) is 1. The average molecular weight is 323 g/mol. The average Bonchev–Trinajstić information content (AvgIpc) is 2.93. The highest BCUT2D eigenvalue weighted by Gasteiger charge is 2.09. The number of imidazole rings is 1. The van der Waals surface area contributed by atoms with Gasteiger partial charge >= 0.3 is 6.16 Å². The highest BCUT2D eigenvalue weighted by Crippen LogP contribution is 2.19. The Kier molecular flexibility index (Phi) is 2.71. The molecule has 0 atom stereocenters. The Bertz CT molecular complexity index is 764. The predicted octanol–water partition coefficient (Wildman–Crippen LogP) is 2.57. The number of H-pyrrole nitrogens is 1. The Morgan fingerprint density at radius 3 is 3.11 bits per heavy atom. The zero-order valence-electron chi connectivity index (χ0n) is 9.37. The Balaban J connectivity index is 1.99. The van der Waals surface area contributed by atoms with Crippen LogP contribution in [0.3, 0.4) is 0 Å². The molecular formula is C11H7BrN4O3. The van der Waals surface area contributed by atoms with Crippen LogP contribution in [0.2, 0.25) is 0 Å². The lowest BCUT2D eigenvalue weighted by molar-refractivity contribution is 0.144. The second kappa shape index (κ2) is 4.39. The molecule has 3 aromatic rings. The van der Waals surface area contributed by atoms with E-state index in [0.717, 1.165) is 15.5 Å². The minimum absolute atomic E-state index is 0.133. The highest BCUT2D eigenvalue weighted by atomic mass is 79.9. The fourth-order valence-electron chi connectivity index (χ4n) is 1.65. The van der Waals surface area contributed by atoms with Crippen LogP contribution < -0.4 is 4.74 Å². The lowest BCUT2D eigenvalue weighted by Gasteiger charge is -1.93. The van der Waals surface area contributed by atoms with Crippen LogP contribution in [-0.2, 0) is 0 Å². The van der Waals surface area contributed by atoms with Crippen LogP contribution in [0, 0.1) is 0 Å². The predicted molar refractivity (Wildman–Crippen MR) is 69.6 cm³/mol. The van der Waals surface area contributed by atoms with Gasteiger partial charge in [0.1, 0.15) is 0 Å². The van der Waals surface area contributed by atoms with Gasteiger partial charge in [-0.25, -0.2) is 14.5 Å². The van der Waals surface area contributed by atoms with Crippen molar-refractivity contribution < 1.29 is 14.6 Å². The van der Waals surface area contributed by atoms with Gasteiger partial charge in [-0.15, -0.1) is 0 Å². The number of benzene rings is 1. The maximum absolute atomic E-state index is 10.4. The summed E-state index contributed by atoms with van der Waals surface area (Å²) in [6, 6.07) is 5.64. The van der Waals surface area contributed by atoms with Crippen molar-refractivity contribution >= 4 is 33.1 Å². The van der Waals surface area contributed by atoms with E-state index in [1.807, 2.05) is 18.2 Å². The molecule has 1 aromatic carbocycles. The number of ether oxygens (including phenoxy) is 1. The number of hydrogen-bond donors (Lipinski definition) is 2. The van der Waals surface area contributed by atoms with Crippen LogP contribution in [0.15, 0.2) is 35.1 Å². The van der Waals surface area contributed by atoms with E-state index in [1.165, 1.54) is 17.1 Å². The summed E-state index contributed by atoms with van der Waals surface area (Å²) >= 11 is 3.37. The summed E-state index contributed by atoms with van der Waals surface area (Å²) in [6.45, 7) is 0. The van der Waals surface area contributed by atoms with Crippen LogP contribution in [0.1, 0.15) is 0 Å². The summed E-state index contributed by atoms with van der Waals surface area (Å²) in [7, 11) is 0. The maximum atomic E-state index is 10.4. The van der Waals surface area contributed by atoms with E-state index >= 15 is 0 Å². The summed E-state index contributed by atoms with van der Waals surface area (Å²) in [6.07, 6.45) is 1.35. The van der Waals surface area contributed by atoms with Gasteiger partial charge in [0.2, 0.25) is 5.95 Å². The first kappa shape index (κ1) is 11.7. The van der Waals surface area contributed by atoms with E-state index in [9.17, 15) is 4.79 Å². The normalized spacial score (nSPS) is 10.8. The van der Waals surface area contributed by atoms with Gasteiger partial charge < -0.3 is 14.8 Å². The first-order chi connectivity index (χ1) is 9.11. The molecule has 8 heteroatoms. The zero-order chi connectivity index (χ0) is 13.4. The molecule has 0 aliphatic carbocycles. The molecule has 7 nitrogen and oxygen atoms in total. The summed E-state index contributed by atoms with van der Waals surface area (Å²) in [5, 5.41) is 12.5. The Hall–Kier alpha value is -2.35. The summed E-state index contributed by atoms with van der Waals surface area (Å²) in [5.41, 5.74) is 1.63. The molecule has 96 valence electrons. The number of halogens is 1. The first-order valence-electron chi connectivity index (χ1n) is 5.23. The zero-order valence-corrected chi connectivity index (χ0v) is 11.0. The molecule has 0 bridgehead atoms. The molecule has 0 amide bonds. The molecule has 0 aliphatic rings. The second-order valence-electron chi connectivity index (χ2n) is 3.71. The molecule has 0 fully saturated rings. The number of fused-ring (bicyclic) bond motifs is 1. The molecule has 0 spiro atoms. The molecule has 0 saturated carbocycles. The molecule has 0 radical (unpaired) electrons. The fraction of sp³-hybridized carbons (Fsp3) is 0. The van der Waals surface area contributed by atoms with Crippen molar-refractivity contribution in [2.75, 3.05) is 0 Å². The van der Waals surface area contributed by atoms with Gasteiger partial charge in [-0.2, -0.15) is 5.10 Å². The molecule has 3 rings (SSSR count). The Morgan fingerprint density at radius 2 is 2.32 bits per heavy atom. The third-order valence-electron chi connectivity index (χ3n) is 2.41. The van der Waals surface area contributed by atoms with E-state index in [0.29, 0.717) is 5.95 Å². The topological polar surface area (TPSA) is 93.0 Å². The van der Waals surface area contributed by atoms with Crippen LogP contribution in [0.5, 0.6) is 5.75 Å². The van der Waals surface area contributed by atoms with Gasteiger partial charge in [0.25, 0.3) is 0 Å². The van der Waals surface area contributed by atoms with Crippen molar-refractivity contribution in [1.82, 2.24) is 19.7 Å². The smallest absolute Gasteiger partial charge is 0.449 e. The van der Waals surface area contributed by atoms with Crippen molar-refractivity contribution in [2.45, 2.75) is 0 Å². The Morgan fingerprint density at radius 1 is 1.47 bits per heavy atom. The molecule has 0 aliphatic heterocycles. The molecule has 2 heterocycles. The molecule has 2 aromatic heterocycles. The third-order valence-corrected chi connectivity index (χ3v) is 2.91. The maximum Gasteiger partial charge on any atom is 0.511 e. The number of carbonyl (C=O) groups is 1. The molecule has 0 saturated heterocycles. The Labute approximate surface area is 115 Å². The fourth-order valence-corrected chi connectivity index (χ4v) is 2.01. The van der Waals surface area contributed by atoms with E-state index in [4.69, 9.17) is 5.11 Å². The molecule has 19 heavy (non-hydrogen) atoms. The van der Waals surface area contributed by atoms with E-state index in [1.54, 1.807) is 0 Å². The van der Waals surface area contributed by atoms with E-state index in [-0.39, 0.29) is 5.75 Å². The number of nitrogens with one attached hydrogen (secondary N) is 1. The number of hydrogen-bond acceptors (Lipinski definition) is 4. The molecular weight excluding hydrogens is 316 g/mol. The standard InChI is InChI=1S/C11H7BrN4O3/c12-6-1-2-8-9(3-6)15-10(14-8)16-5-7(4-13-16)19-11(17)18/h1-5H,(H,14,15)(H,17,18). The summed E-state index contributed by atoms with van der Waals surface area (Å²) in [5.74, 6) is 0.613. The highest BCUT2D eigenvalue weighted by molar-refractivity contribution is 9.10. The van der Waals surface area contributed by atoms with E-state index in [2.05, 4.69) is 35.7 Å². The largest absolute Gasteiger partial charge is 0.511 e. The number of aromatic amines is 1. The SMILES string of the molecule is O=C(O)Oc1cnn(-c2nc3ccc(Br)cc3[nH]2)c1. The molecule has 2 N–H and O–H groups in total. The van der Waals surface area contributed by atoms with Gasteiger partial charge in [0, 0.05) is 4.47 Å². The summed E-state index contributed by atoms with van der Waals surface area (Å²) < 4.78 is 6.84.